The Labute approximate surface area is 103 Å². The molecule has 0 aliphatic heterocycles. The third-order valence-corrected chi connectivity index (χ3v) is 2.17. The second-order valence-corrected chi connectivity index (χ2v) is 4.48. The lowest BCUT2D eigenvalue weighted by Gasteiger charge is -2.14. The summed E-state index contributed by atoms with van der Waals surface area (Å²) in [5.74, 6) is -0.0725. The Morgan fingerprint density at radius 1 is 1.35 bits per heavy atom. The van der Waals surface area contributed by atoms with Gasteiger partial charge in [0.05, 0.1) is 5.56 Å². The first-order valence-corrected chi connectivity index (χ1v) is 5.79. The highest BCUT2D eigenvalue weighted by atomic mass is 16.1. The predicted octanol–water partition coefficient (Wildman–Crippen LogP) is 2.81. The fourth-order valence-corrected chi connectivity index (χ4v) is 1.44. The molecule has 1 amide bonds. The minimum Gasteiger partial charge on any atom is -0.382 e. The second-order valence-electron chi connectivity index (χ2n) is 4.48. The van der Waals surface area contributed by atoms with Gasteiger partial charge in [-0.25, -0.2) is 0 Å². The number of para-hydroxylation sites is 1. The summed E-state index contributed by atoms with van der Waals surface area (Å²) >= 11 is 0. The van der Waals surface area contributed by atoms with Gasteiger partial charge in [0, 0.05) is 18.3 Å². The van der Waals surface area contributed by atoms with E-state index in [0.29, 0.717) is 18.2 Å². The number of carbonyl (C=O) groups excluding carboxylic acids is 1. The molecule has 1 aromatic rings. The lowest BCUT2D eigenvalue weighted by Crippen LogP contribution is -2.26. The lowest BCUT2D eigenvalue weighted by molar-refractivity contribution is 0.0958. The summed E-state index contributed by atoms with van der Waals surface area (Å²) in [4.78, 5) is 12.0. The Bertz CT molecular complexity index is 410. The first-order valence-electron chi connectivity index (χ1n) is 5.79. The molecule has 0 spiro atoms. The van der Waals surface area contributed by atoms with Gasteiger partial charge >= 0.3 is 0 Å². The van der Waals surface area contributed by atoms with Gasteiger partial charge in [0.15, 0.2) is 0 Å². The third-order valence-electron chi connectivity index (χ3n) is 2.17. The van der Waals surface area contributed by atoms with Gasteiger partial charge in [0.25, 0.3) is 5.91 Å². The number of hydrogen-bond donors (Lipinski definition) is 2. The highest BCUT2D eigenvalue weighted by Gasteiger charge is 2.10. The first kappa shape index (κ1) is 13.3. The molecule has 0 bridgehead atoms. The summed E-state index contributed by atoms with van der Waals surface area (Å²) in [6.07, 6.45) is 0. The number of amides is 1. The Kier molecular flexibility index (Phi) is 4.76. The SMILES string of the molecule is C=C(C)CNC(=O)c1ccccc1NC(C)C. The van der Waals surface area contributed by atoms with Crippen molar-refractivity contribution in [2.24, 2.45) is 0 Å². The minimum atomic E-state index is -0.0725. The van der Waals surface area contributed by atoms with Gasteiger partial charge in [-0.2, -0.15) is 0 Å². The highest BCUT2D eigenvalue weighted by molar-refractivity contribution is 5.99. The van der Waals surface area contributed by atoms with E-state index >= 15 is 0 Å². The van der Waals surface area contributed by atoms with E-state index < -0.39 is 0 Å². The van der Waals surface area contributed by atoms with Crippen LogP contribution in [0, 0.1) is 0 Å². The Morgan fingerprint density at radius 2 is 2.00 bits per heavy atom. The highest BCUT2D eigenvalue weighted by Crippen LogP contribution is 2.15. The normalized spacial score (nSPS) is 10.1. The van der Waals surface area contributed by atoms with Crippen molar-refractivity contribution in [3.63, 3.8) is 0 Å². The molecular weight excluding hydrogens is 212 g/mol. The van der Waals surface area contributed by atoms with Gasteiger partial charge in [0.2, 0.25) is 0 Å². The van der Waals surface area contributed by atoms with Crippen molar-refractivity contribution in [1.82, 2.24) is 5.32 Å². The van der Waals surface area contributed by atoms with E-state index in [4.69, 9.17) is 0 Å². The van der Waals surface area contributed by atoms with Crippen LogP contribution in [0.3, 0.4) is 0 Å². The topological polar surface area (TPSA) is 41.1 Å². The zero-order valence-electron chi connectivity index (χ0n) is 10.7. The van der Waals surface area contributed by atoms with E-state index in [-0.39, 0.29) is 5.91 Å². The number of nitrogens with one attached hydrogen (secondary N) is 2. The molecule has 0 atom stereocenters. The molecule has 0 radical (unpaired) electrons. The molecule has 17 heavy (non-hydrogen) atoms. The molecule has 1 aromatic carbocycles. The summed E-state index contributed by atoms with van der Waals surface area (Å²) in [5.41, 5.74) is 2.47. The van der Waals surface area contributed by atoms with Gasteiger partial charge in [-0.05, 0) is 32.9 Å². The van der Waals surface area contributed by atoms with Crippen LogP contribution in [0.4, 0.5) is 5.69 Å². The Morgan fingerprint density at radius 3 is 2.59 bits per heavy atom. The zero-order chi connectivity index (χ0) is 12.8. The summed E-state index contributed by atoms with van der Waals surface area (Å²) < 4.78 is 0. The van der Waals surface area contributed by atoms with Gasteiger partial charge in [-0.1, -0.05) is 24.3 Å². The van der Waals surface area contributed by atoms with Gasteiger partial charge in [0.1, 0.15) is 0 Å². The molecule has 0 unspecified atom stereocenters. The quantitative estimate of drug-likeness (QED) is 0.766. The molecule has 0 heterocycles. The fourth-order valence-electron chi connectivity index (χ4n) is 1.44. The summed E-state index contributed by atoms with van der Waals surface area (Å²) in [7, 11) is 0. The van der Waals surface area contributed by atoms with Crippen molar-refractivity contribution < 1.29 is 4.79 Å². The maximum Gasteiger partial charge on any atom is 0.253 e. The van der Waals surface area contributed by atoms with Crippen LogP contribution >= 0.6 is 0 Å². The van der Waals surface area contributed by atoms with Crippen molar-refractivity contribution in [2.75, 3.05) is 11.9 Å². The van der Waals surface area contributed by atoms with E-state index in [1.54, 1.807) is 0 Å². The number of anilines is 1. The van der Waals surface area contributed by atoms with Crippen LogP contribution in [-0.2, 0) is 0 Å². The van der Waals surface area contributed by atoms with E-state index in [2.05, 4.69) is 17.2 Å². The second kappa shape index (κ2) is 6.09. The van der Waals surface area contributed by atoms with Gasteiger partial charge in [-0.15, -0.1) is 0 Å². The first-order chi connectivity index (χ1) is 8.00. The van der Waals surface area contributed by atoms with E-state index in [9.17, 15) is 4.79 Å². The van der Waals surface area contributed by atoms with Crippen molar-refractivity contribution >= 4 is 11.6 Å². The maximum absolute atomic E-state index is 12.0. The molecule has 3 heteroatoms. The molecule has 0 aromatic heterocycles. The largest absolute Gasteiger partial charge is 0.382 e. The molecule has 3 nitrogen and oxygen atoms in total. The molecule has 92 valence electrons. The van der Waals surface area contributed by atoms with Crippen LogP contribution in [0.15, 0.2) is 36.4 Å². The van der Waals surface area contributed by atoms with Crippen LogP contribution in [0.2, 0.25) is 0 Å². The third kappa shape index (κ3) is 4.31. The van der Waals surface area contributed by atoms with Crippen molar-refractivity contribution in [3.8, 4) is 0 Å². The number of rotatable bonds is 5. The average molecular weight is 232 g/mol. The molecule has 0 aliphatic carbocycles. The molecular formula is C14H20N2O. The van der Waals surface area contributed by atoms with Crippen molar-refractivity contribution in [2.45, 2.75) is 26.8 Å². The molecule has 0 saturated heterocycles. The van der Waals surface area contributed by atoms with Crippen LogP contribution in [0.25, 0.3) is 0 Å². The number of benzene rings is 1. The van der Waals surface area contributed by atoms with Crippen molar-refractivity contribution in [1.29, 1.82) is 0 Å². The number of carbonyl (C=O) groups is 1. The number of hydrogen-bond acceptors (Lipinski definition) is 2. The molecule has 0 fully saturated rings. The van der Waals surface area contributed by atoms with Gasteiger partial charge in [-0.3, -0.25) is 4.79 Å². The van der Waals surface area contributed by atoms with Gasteiger partial charge < -0.3 is 10.6 Å². The van der Waals surface area contributed by atoms with Crippen LogP contribution < -0.4 is 10.6 Å². The zero-order valence-corrected chi connectivity index (χ0v) is 10.7. The Hall–Kier alpha value is -1.77. The van der Waals surface area contributed by atoms with Crippen molar-refractivity contribution in [3.05, 3.63) is 42.0 Å². The standard InChI is InChI=1S/C14H20N2O/c1-10(2)9-15-14(17)12-7-5-6-8-13(12)16-11(3)4/h5-8,11,16H,1,9H2,2-4H3,(H,15,17). The monoisotopic (exact) mass is 232 g/mol. The van der Waals surface area contributed by atoms with Crippen LogP contribution in [-0.4, -0.2) is 18.5 Å². The molecule has 0 saturated carbocycles. The maximum atomic E-state index is 12.0. The van der Waals surface area contributed by atoms with E-state index in [0.717, 1.165) is 11.3 Å². The molecule has 2 N–H and O–H groups in total. The molecule has 1 rings (SSSR count). The lowest BCUT2D eigenvalue weighted by atomic mass is 10.1. The Balaban J connectivity index is 2.81. The van der Waals surface area contributed by atoms with E-state index in [1.165, 1.54) is 0 Å². The van der Waals surface area contributed by atoms with E-state index in [1.807, 2.05) is 45.0 Å². The molecule has 0 aliphatic rings. The minimum absolute atomic E-state index is 0.0725. The fraction of sp³-hybridized carbons (Fsp3) is 0.357. The summed E-state index contributed by atoms with van der Waals surface area (Å²) in [6, 6.07) is 7.81. The summed E-state index contributed by atoms with van der Waals surface area (Å²) in [6.45, 7) is 10.2. The predicted molar refractivity (Wildman–Crippen MR) is 72.3 cm³/mol. The smallest absolute Gasteiger partial charge is 0.253 e. The van der Waals surface area contributed by atoms with Crippen LogP contribution in [0.5, 0.6) is 0 Å². The van der Waals surface area contributed by atoms with Crippen LogP contribution in [0.1, 0.15) is 31.1 Å². The summed E-state index contributed by atoms with van der Waals surface area (Å²) in [5, 5.41) is 6.09. The average Bonchev–Trinajstić information content (AvgIpc) is 2.25.